The van der Waals surface area contributed by atoms with E-state index >= 15 is 0 Å². The molecule has 0 bridgehead atoms. The minimum atomic E-state index is 0.270. The molecule has 1 nitrogen and oxygen atoms in total. The lowest BCUT2D eigenvalue weighted by Crippen LogP contribution is -2.44. The van der Waals surface area contributed by atoms with E-state index in [0.29, 0.717) is 0 Å². The van der Waals surface area contributed by atoms with Gasteiger partial charge in [0.2, 0.25) is 0 Å². The first-order valence-electron chi connectivity index (χ1n) is 8.38. The van der Waals surface area contributed by atoms with E-state index in [9.17, 15) is 0 Å². The summed E-state index contributed by atoms with van der Waals surface area (Å²) >= 11 is 0. The van der Waals surface area contributed by atoms with Gasteiger partial charge in [0.05, 0.1) is 0 Å². The lowest BCUT2D eigenvalue weighted by Gasteiger charge is -2.42. The summed E-state index contributed by atoms with van der Waals surface area (Å²) in [5, 5.41) is 0. The van der Waals surface area contributed by atoms with Crippen LogP contribution < -0.4 is 0 Å². The Morgan fingerprint density at radius 2 is 1.50 bits per heavy atom. The molecule has 2 fully saturated rings. The zero-order valence-electron chi connectivity index (χ0n) is 13.4. The van der Waals surface area contributed by atoms with Crippen molar-refractivity contribution in [2.24, 2.45) is 0 Å². The standard InChI is InChI=1S/C19H29N/c1-19(2,3)17-9-7-15(8-10-17)16-11-13-20(14-12-16)18-5-4-6-18/h7-10,16,18H,4-6,11-14H2,1-3H3. The zero-order valence-corrected chi connectivity index (χ0v) is 13.4. The summed E-state index contributed by atoms with van der Waals surface area (Å²) in [6, 6.07) is 10.4. The quantitative estimate of drug-likeness (QED) is 0.752. The third-order valence-corrected chi connectivity index (χ3v) is 5.37. The van der Waals surface area contributed by atoms with Crippen LogP contribution in [0.15, 0.2) is 24.3 Å². The van der Waals surface area contributed by atoms with Crippen LogP contribution in [-0.4, -0.2) is 24.0 Å². The van der Waals surface area contributed by atoms with Crippen LogP contribution in [0.1, 0.15) is 69.9 Å². The molecule has 1 saturated carbocycles. The van der Waals surface area contributed by atoms with E-state index in [0.717, 1.165) is 12.0 Å². The second-order valence-corrected chi connectivity index (χ2v) is 7.77. The van der Waals surface area contributed by atoms with Crippen LogP contribution in [0.2, 0.25) is 0 Å². The van der Waals surface area contributed by atoms with Crippen LogP contribution in [0.4, 0.5) is 0 Å². The van der Waals surface area contributed by atoms with E-state index in [-0.39, 0.29) is 5.41 Å². The molecule has 1 aliphatic heterocycles. The van der Waals surface area contributed by atoms with E-state index in [4.69, 9.17) is 0 Å². The van der Waals surface area contributed by atoms with Gasteiger partial charge in [-0.25, -0.2) is 0 Å². The van der Waals surface area contributed by atoms with Gasteiger partial charge in [-0.2, -0.15) is 0 Å². The predicted octanol–water partition coefficient (Wildman–Crippen LogP) is 4.72. The Bertz CT molecular complexity index is 428. The van der Waals surface area contributed by atoms with Gasteiger partial charge in [-0.05, 0) is 61.2 Å². The summed E-state index contributed by atoms with van der Waals surface area (Å²) in [6.07, 6.45) is 7.06. The smallest absolute Gasteiger partial charge is 0.00952 e. The Labute approximate surface area is 124 Å². The van der Waals surface area contributed by atoms with Gasteiger partial charge in [0.1, 0.15) is 0 Å². The molecule has 0 spiro atoms. The molecule has 110 valence electrons. The number of nitrogens with zero attached hydrogens (tertiary/aromatic N) is 1. The molecule has 20 heavy (non-hydrogen) atoms. The van der Waals surface area contributed by atoms with Crippen LogP contribution in [0.5, 0.6) is 0 Å². The molecule has 3 rings (SSSR count). The normalized spacial score (nSPS) is 22.8. The van der Waals surface area contributed by atoms with Gasteiger partial charge in [0, 0.05) is 6.04 Å². The van der Waals surface area contributed by atoms with E-state index < -0.39 is 0 Å². The fourth-order valence-electron chi connectivity index (χ4n) is 3.61. The monoisotopic (exact) mass is 271 g/mol. The van der Waals surface area contributed by atoms with Gasteiger partial charge in [0.25, 0.3) is 0 Å². The van der Waals surface area contributed by atoms with Crippen LogP contribution in [0.25, 0.3) is 0 Å². The van der Waals surface area contributed by atoms with Crippen molar-refractivity contribution in [3.05, 3.63) is 35.4 Å². The molecule has 0 radical (unpaired) electrons. The maximum Gasteiger partial charge on any atom is 0.00952 e. The Balaban J connectivity index is 1.60. The molecular weight excluding hydrogens is 242 g/mol. The second kappa shape index (κ2) is 5.52. The van der Waals surface area contributed by atoms with E-state index in [1.54, 1.807) is 5.56 Å². The van der Waals surface area contributed by atoms with Gasteiger partial charge < -0.3 is 4.90 Å². The zero-order chi connectivity index (χ0) is 14.2. The van der Waals surface area contributed by atoms with Crippen molar-refractivity contribution in [1.29, 1.82) is 0 Å². The largest absolute Gasteiger partial charge is 0.300 e. The molecular formula is C19H29N. The summed E-state index contributed by atoms with van der Waals surface area (Å²) in [4.78, 5) is 2.74. The summed E-state index contributed by atoms with van der Waals surface area (Å²) in [5.41, 5.74) is 3.28. The highest BCUT2D eigenvalue weighted by molar-refractivity contribution is 5.29. The number of hydrogen-bond donors (Lipinski definition) is 0. The molecule has 0 atom stereocenters. The van der Waals surface area contributed by atoms with Crippen molar-refractivity contribution in [3.63, 3.8) is 0 Å². The molecule has 1 heterocycles. The first-order valence-corrected chi connectivity index (χ1v) is 8.38. The van der Waals surface area contributed by atoms with Crippen molar-refractivity contribution in [3.8, 4) is 0 Å². The average molecular weight is 271 g/mol. The first-order chi connectivity index (χ1) is 9.54. The van der Waals surface area contributed by atoms with Crippen molar-refractivity contribution in [2.45, 2.75) is 70.3 Å². The Morgan fingerprint density at radius 3 is 1.95 bits per heavy atom. The first kappa shape index (κ1) is 14.1. The summed E-state index contributed by atoms with van der Waals surface area (Å²) in [6.45, 7) is 9.50. The molecule has 0 amide bonds. The fourth-order valence-corrected chi connectivity index (χ4v) is 3.61. The van der Waals surface area contributed by atoms with Gasteiger partial charge >= 0.3 is 0 Å². The molecule has 1 aromatic carbocycles. The topological polar surface area (TPSA) is 3.24 Å². The predicted molar refractivity (Wildman–Crippen MR) is 86.3 cm³/mol. The Morgan fingerprint density at radius 1 is 0.900 bits per heavy atom. The van der Waals surface area contributed by atoms with E-state index in [1.807, 2.05) is 0 Å². The van der Waals surface area contributed by atoms with Crippen molar-refractivity contribution in [1.82, 2.24) is 4.90 Å². The Kier molecular flexibility index (Phi) is 3.90. The van der Waals surface area contributed by atoms with Crippen LogP contribution in [-0.2, 0) is 5.41 Å². The Hall–Kier alpha value is -0.820. The van der Waals surface area contributed by atoms with Crippen LogP contribution in [0, 0.1) is 0 Å². The van der Waals surface area contributed by atoms with Gasteiger partial charge in [0.15, 0.2) is 0 Å². The summed E-state index contributed by atoms with van der Waals surface area (Å²) in [5.74, 6) is 0.792. The molecule has 1 saturated heterocycles. The van der Waals surface area contributed by atoms with E-state index in [2.05, 4.69) is 49.9 Å². The molecule has 0 N–H and O–H groups in total. The molecule has 1 heteroatoms. The molecule has 1 aliphatic carbocycles. The van der Waals surface area contributed by atoms with Crippen molar-refractivity contribution < 1.29 is 0 Å². The van der Waals surface area contributed by atoms with Crippen molar-refractivity contribution >= 4 is 0 Å². The van der Waals surface area contributed by atoms with Gasteiger partial charge in [-0.1, -0.05) is 51.5 Å². The van der Waals surface area contributed by atoms with Gasteiger partial charge in [-0.3, -0.25) is 0 Å². The highest BCUT2D eigenvalue weighted by Crippen LogP contribution is 2.34. The number of rotatable bonds is 2. The van der Waals surface area contributed by atoms with Crippen LogP contribution in [0.3, 0.4) is 0 Å². The molecule has 2 aliphatic rings. The fraction of sp³-hybridized carbons (Fsp3) is 0.684. The number of likely N-dealkylation sites (tertiary alicyclic amines) is 1. The highest BCUT2D eigenvalue weighted by atomic mass is 15.2. The second-order valence-electron chi connectivity index (χ2n) is 7.77. The maximum absolute atomic E-state index is 2.74. The summed E-state index contributed by atoms with van der Waals surface area (Å²) < 4.78 is 0. The minimum Gasteiger partial charge on any atom is -0.300 e. The van der Waals surface area contributed by atoms with Gasteiger partial charge in [-0.15, -0.1) is 0 Å². The lowest BCUT2D eigenvalue weighted by molar-refractivity contribution is 0.0975. The highest BCUT2D eigenvalue weighted by Gasteiger charge is 2.29. The summed E-state index contributed by atoms with van der Waals surface area (Å²) in [7, 11) is 0. The SMILES string of the molecule is CC(C)(C)c1ccc(C2CCN(C3CCC3)CC2)cc1. The average Bonchev–Trinajstić information content (AvgIpc) is 2.37. The number of piperidine rings is 1. The van der Waals surface area contributed by atoms with E-state index in [1.165, 1.54) is 50.8 Å². The van der Waals surface area contributed by atoms with Crippen molar-refractivity contribution in [2.75, 3.05) is 13.1 Å². The lowest BCUT2D eigenvalue weighted by atomic mass is 9.83. The third-order valence-electron chi connectivity index (χ3n) is 5.37. The molecule has 0 aromatic heterocycles. The van der Waals surface area contributed by atoms with Crippen LogP contribution >= 0.6 is 0 Å². The number of benzene rings is 1. The minimum absolute atomic E-state index is 0.270. The number of hydrogen-bond acceptors (Lipinski definition) is 1. The molecule has 0 unspecified atom stereocenters. The molecule has 1 aromatic rings. The third kappa shape index (κ3) is 2.93. The maximum atomic E-state index is 2.74.